The molecule has 2 aromatic rings. The number of amides is 1. The van der Waals surface area contributed by atoms with Gasteiger partial charge in [0.25, 0.3) is 5.91 Å². The number of carbonyl (C=O) groups is 1. The highest BCUT2D eigenvalue weighted by Crippen LogP contribution is 2.22. The second-order valence-electron chi connectivity index (χ2n) is 4.81. The van der Waals surface area contributed by atoms with Crippen molar-refractivity contribution in [2.24, 2.45) is 0 Å². The van der Waals surface area contributed by atoms with E-state index in [1.807, 2.05) is 26.0 Å². The van der Waals surface area contributed by atoms with Crippen molar-refractivity contribution in [3.8, 4) is 5.88 Å². The Labute approximate surface area is 129 Å². The Morgan fingerprint density at radius 1 is 1.29 bits per heavy atom. The summed E-state index contributed by atoms with van der Waals surface area (Å²) in [5.41, 5.74) is 2.08. The van der Waals surface area contributed by atoms with Crippen LogP contribution in [0.1, 0.15) is 29.8 Å². The van der Waals surface area contributed by atoms with Crippen molar-refractivity contribution in [3.05, 3.63) is 53.7 Å². The molecule has 2 rings (SSSR count). The summed E-state index contributed by atoms with van der Waals surface area (Å²) in [6.45, 7) is 3.82. The first kappa shape index (κ1) is 15.3. The summed E-state index contributed by atoms with van der Waals surface area (Å²) < 4.78 is 5.58. The Morgan fingerprint density at radius 3 is 2.62 bits per heavy atom. The fourth-order valence-corrected chi connectivity index (χ4v) is 1.92. The molecule has 0 radical (unpaired) electrons. The molecule has 1 amide bonds. The van der Waals surface area contributed by atoms with Crippen LogP contribution in [0.15, 0.2) is 42.6 Å². The molecule has 0 fully saturated rings. The zero-order valence-electron chi connectivity index (χ0n) is 12.0. The lowest BCUT2D eigenvalue weighted by atomic mass is 10.1. The second kappa shape index (κ2) is 7.09. The number of pyridine rings is 1. The van der Waals surface area contributed by atoms with Gasteiger partial charge in [-0.05, 0) is 43.7 Å². The highest BCUT2D eigenvalue weighted by atomic mass is 35.5. The van der Waals surface area contributed by atoms with Crippen LogP contribution in [-0.4, -0.2) is 17.0 Å². The predicted molar refractivity (Wildman–Crippen MR) is 84.0 cm³/mol. The van der Waals surface area contributed by atoms with E-state index in [0.717, 1.165) is 5.56 Å². The second-order valence-corrected chi connectivity index (χ2v) is 5.07. The lowest BCUT2D eigenvalue weighted by molar-refractivity contribution is 0.102. The molecule has 0 unspecified atom stereocenters. The molecular formula is C16H17ClN2O2. The van der Waals surface area contributed by atoms with Gasteiger partial charge in [-0.3, -0.25) is 4.79 Å². The highest BCUT2D eigenvalue weighted by Gasteiger charge is 2.11. The minimum Gasteiger partial charge on any atom is -0.473 e. The molecule has 1 N–H and O–H groups in total. The normalized spacial score (nSPS) is 10.5. The maximum atomic E-state index is 12.2. The van der Waals surface area contributed by atoms with Crippen LogP contribution in [0.25, 0.3) is 0 Å². The van der Waals surface area contributed by atoms with E-state index in [9.17, 15) is 4.79 Å². The standard InChI is InChI=1S/C16H17ClN2O2/c1-11(2)21-16-14(4-3-9-18-16)19-15(20)13-7-5-12(10-17)6-8-13/h3-9,11H,10H2,1-2H3,(H,19,20). The minimum absolute atomic E-state index is 0.0152. The summed E-state index contributed by atoms with van der Waals surface area (Å²) in [5.74, 6) is 0.632. The fraction of sp³-hybridized carbons (Fsp3) is 0.250. The van der Waals surface area contributed by atoms with Crippen molar-refractivity contribution in [2.75, 3.05) is 5.32 Å². The summed E-state index contributed by atoms with van der Waals surface area (Å²) >= 11 is 5.73. The number of alkyl halides is 1. The number of hydrogen-bond donors (Lipinski definition) is 1. The number of benzene rings is 1. The number of halogens is 1. The van der Waals surface area contributed by atoms with Gasteiger partial charge in [-0.2, -0.15) is 0 Å². The third-order valence-corrected chi connectivity index (χ3v) is 3.05. The quantitative estimate of drug-likeness (QED) is 0.853. The van der Waals surface area contributed by atoms with E-state index < -0.39 is 0 Å². The van der Waals surface area contributed by atoms with Gasteiger partial charge in [0, 0.05) is 17.6 Å². The summed E-state index contributed by atoms with van der Waals surface area (Å²) in [6, 6.07) is 10.7. The molecule has 0 aliphatic heterocycles. The van der Waals surface area contributed by atoms with Crippen molar-refractivity contribution in [1.82, 2.24) is 4.98 Å². The first-order valence-corrected chi connectivity index (χ1v) is 7.21. The number of rotatable bonds is 5. The molecule has 0 spiro atoms. The van der Waals surface area contributed by atoms with Gasteiger partial charge >= 0.3 is 0 Å². The third kappa shape index (κ3) is 4.20. The van der Waals surface area contributed by atoms with E-state index in [0.29, 0.717) is 23.0 Å². The Morgan fingerprint density at radius 2 is 2.00 bits per heavy atom. The molecule has 5 heteroatoms. The number of carbonyl (C=O) groups excluding carboxylic acids is 1. The topological polar surface area (TPSA) is 51.2 Å². The lowest BCUT2D eigenvalue weighted by Crippen LogP contribution is -2.15. The van der Waals surface area contributed by atoms with Gasteiger partial charge in [0.05, 0.1) is 6.10 Å². The summed E-state index contributed by atoms with van der Waals surface area (Å²) in [7, 11) is 0. The molecule has 0 aliphatic carbocycles. The van der Waals surface area contributed by atoms with Gasteiger partial charge in [-0.25, -0.2) is 4.98 Å². The Kier molecular flexibility index (Phi) is 5.17. The third-order valence-electron chi connectivity index (χ3n) is 2.74. The monoisotopic (exact) mass is 304 g/mol. The zero-order chi connectivity index (χ0) is 15.2. The van der Waals surface area contributed by atoms with E-state index in [1.165, 1.54) is 0 Å². The van der Waals surface area contributed by atoms with Gasteiger partial charge in [0.1, 0.15) is 5.69 Å². The number of anilines is 1. The molecule has 1 aromatic heterocycles. The van der Waals surface area contributed by atoms with E-state index >= 15 is 0 Å². The molecule has 0 aliphatic rings. The van der Waals surface area contributed by atoms with Gasteiger partial charge in [0.2, 0.25) is 5.88 Å². The summed E-state index contributed by atoms with van der Waals surface area (Å²) in [5, 5.41) is 2.81. The first-order chi connectivity index (χ1) is 10.1. The van der Waals surface area contributed by atoms with Gasteiger partial charge < -0.3 is 10.1 Å². The zero-order valence-corrected chi connectivity index (χ0v) is 12.7. The number of hydrogen-bond acceptors (Lipinski definition) is 3. The van der Waals surface area contributed by atoms with E-state index in [4.69, 9.17) is 16.3 Å². The first-order valence-electron chi connectivity index (χ1n) is 6.68. The highest BCUT2D eigenvalue weighted by molar-refractivity contribution is 6.17. The van der Waals surface area contributed by atoms with E-state index in [1.54, 1.807) is 30.5 Å². The smallest absolute Gasteiger partial charge is 0.255 e. The van der Waals surface area contributed by atoms with Crippen LogP contribution >= 0.6 is 11.6 Å². The lowest BCUT2D eigenvalue weighted by Gasteiger charge is -2.13. The molecule has 1 aromatic carbocycles. The number of aromatic nitrogens is 1. The van der Waals surface area contributed by atoms with Crippen molar-refractivity contribution in [1.29, 1.82) is 0 Å². The van der Waals surface area contributed by atoms with Gasteiger partial charge in [-0.15, -0.1) is 11.6 Å². The molecule has 110 valence electrons. The molecule has 21 heavy (non-hydrogen) atoms. The molecule has 0 bridgehead atoms. The van der Waals surface area contributed by atoms with Crippen LogP contribution in [-0.2, 0) is 5.88 Å². The van der Waals surface area contributed by atoms with Crippen LogP contribution < -0.4 is 10.1 Å². The van der Waals surface area contributed by atoms with Crippen molar-refractivity contribution in [2.45, 2.75) is 25.8 Å². The van der Waals surface area contributed by atoms with Crippen LogP contribution in [0.2, 0.25) is 0 Å². The van der Waals surface area contributed by atoms with E-state index in [2.05, 4.69) is 10.3 Å². The predicted octanol–water partition coefficient (Wildman–Crippen LogP) is 3.86. The van der Waals surface area contributed by atoms with Crippen LogP contribution in [0.3, 0.4) is 0 Å². The van der Waals surface area contributed by atoms with Crippen molar-refractivity contribution >= 4 is 23.2 Å². The minimum atomic E-state index is -0.210. The maximum Gasteiger partial charge on any atom is 0.255 e. The fourth-order valence-electron chi connectivity index (χ4n) is 1.74. The maximum absolute atomic E-state index is 12.2. The summed E-state index contributed by atoms with van der Waals surface area (Å²) in [4.78, 5) is 16.4. The molecule has 0 saturated heterocycles. The Hall–Kier alpha value is -2.07. The molecular weight excluding hydrogens is 288 g/mol. The average molecular weight is 305 g/mol. The van der Waals surface area contributed by atoms with Crippen LogP contribution in [0.5, 0.6) is 5.88 Å². The molecule has 0 atom stereocenters. The van der Waals surface area contributed by atoms with Gasteiger partial charge in [-0.1, -0.05) is 12.1 Å². The number of nitrogens with zero attached hydrogens (tertiary/aromatic N) is 1. The molecule has 4 nitrogen and oxygen atoms in total. The number of nitrogens with one attached hydrogen (secondary N) is 1. The summed E-state index contributed by atoms with van der Waals surface area (Å²) in [6.07, 6.45) is 1.61. The average Bonchev–Trinajstić information content (AvgIpc) is 2.49. The van der Waals surface area contributed by atoms with Crippen molar-refractivity contribution in [3.63, 3.8) is 0 Å². The largest absolute Gasteiger partial charge is 0.473 e. The van der Waals surface area contributed by atoms with Gasteiger partial charge in [0.15, 0.2) is 0 Å². The number of ether oxygens (including phenoxy) is 1. The Balaban J connectivity index is 2.15. The molecule has 0 saturated carbocycles. The molecule has 1 heterocycles. The Bertz CT molecular complexity index is 612. The van der Waals surface area contributed by atoms with Crippen LogP contribution in [0, 0.1) is 0 Å². The van der Waals surface area contributed by atoms with E-state index in [-0.39, 0.29) is 12.0 Å². The van der Waals surface area contributed by atoms with Crippen molar-refractivity contribution < 1.29 is 9.53 Å². The van der Waals surface area contributed by atoms with Crippen LogP contribution in [0.4, 0.5) is 5.69 Å². The SMILES string of the molecule is CC(C)Oc1ncccc1NC(=O)c1ccc(CCl)cc1.